The Morgan fingerprint density at radius 3 is 2.87 bits per heavy atom. The van der Waals surface area contributed by atoms with Crippen LogP contribution >= 0.6 is 11.6 Å². The van der Waals surface area contributed by atoms with Crippen molar-refractivity contribution in [2.45, 2.75) is 6.54 Å². The van der Waals surface area contributed by atoms with E-state index in [0.717, 1.165) is 5.69 Å². The third-order valence-corrected chi connectivity index (χ3v) is 2.38. The van der Waals surface area contributed by atoms with Gasteiger partial charge in [0.15, 0.2) is 0 Å². The lowest BCUT2D eigenvalue weighted by Gasteiger charge is -2.00. The van der Waals surface area contributed by atoms with Crippen molar-refractivity contribution in [3.63, 3.8) is 0 Å². The Morgan fingerprint density at radius 2 is 2.27 bits per heavy atom. The Kier molecular flexibility index (Phi) is 2.70. The average Bonchev–Trinajstić information content (AvgIpc) is 2.66. The highest BCUT2D eigenvalue weighted by atomic mass is 35.5. The fourth-order valence-electron chi connectivity index (χ4n) is 1.34. The number of nitrogens with one attached hydrogen (secondary N) is 1. The zero-order valence-corrected chi connectivity index (χ0v) is 8.55. The topological polar surface area (TPSA) is 54.7 Å². The summed E-state index contributed by atoms with van der Waals surface area (Å²) in [5.74, 6) is -0.391. The van der Waals surface area contributed by atoms with Gasteiger partial charge in [-0.15, -0.1) is 0 Å². The molecule has 0 bridgehead atoms. The molecule has 0 atom stereocenters. The molecule has 0 amide bonds. The van der Waals surface area contributed by atoms with Crippen LogP contribution in [0, 0.1) is 5.82 Å². The Hall–Kier alpha value is -1.39. The molecule has 0 aliphatic heterocycles. The number of halogens is 2. The van der Waals surface area contributed by atoms with Crippen LogP contribution in [-0.4, -0.2) is 10.2 Å². The number of hydrogen-bond donors (Lipinski definition) is 2. The SMILES string of the molecule is NCc1cc(-c2c(F)cccc2Cl)n[nH]1. The zero-order chi connectivity index (χ0) is 10.8. The molecule has 78 valence electrons. The third-order valence-electron chi connectivity index (χ3n) is 2.07. The fourth-order valence-corrected chi connectivity index (χ4v) is 1.60. The molecule has 0 aliphatic carbocycles. The molecule has 1 aromatic heterocycles. The van der Waals surface area contributed by atoms with Crippen LogP contribution < -0.4 is 5.73 Å². The van der Waals surface area contributed by atoms with Crippen LogP contribution in [0.4, 0.5) is 4.39 Å². The summed E-state index contributed by atoms with van der Waals surface area (Å²) in [5, 5.41) is 7.00. The van der Waals surface area contributed by atoms with E-state index in [2.05, 4.69) is 10.2 Å². The summed E-state index contributed by atoms with van der Waals surface area (Å²) in [6, 6.07) is 6.21. The lowest BCUT2D eigenvalue weighted by molar-refractivity contribution is 0.630. The molecule has 1 heterocycles. The van der Waals surface area contributed by atoms with Gasteiger partial charge in [-0.3, -0.25) is 5.10 Å². The standard InChI is InChI=1S/C10H9ClFN3/c11-7-2-1-3-8(12)10(7)9-4-6(5-13)14-15-9/h1-4H,5,13H2,(H,14,15). The number of hydrogen-bond acceptors (Lipinski definition) is 2. The highest BCUT2D eigenvalue weighted by Crippen LogP contribution is 2.29. The van der Waals surface area contributed by atoms with Gasteiger partial charge in [-0.1, -0.05) is 17.7 Å². The molecule has 15 heavy (non-hydrogen) atoms. The van der Waals surface area contributed by atoms with Crippen LogP contribution in [0.25, 0.3) is 11.3 Å². The van der Waals surface area contributed by atoms with E-state index in [4.69, 9.17) is 17.3 Å². The number of nitrogens with two attached hydrogens (primary N) is 1. The second-order valence-corrected chi connectivity index (χ2v) is 3.49. The Labute approximate surface area is 91.1 Å². The van der Waals surface area contributed by atoms with Crippen molar-refractivity contribution < 1.29 is 4.39 Å². The van der Waals surface area contributed by atoms with E-state index in [0.29, 0.717) is 22.8 Å². The number of aromatic nitrogens is 2. The van der Waals surface area contributed by atoms with Crippen molar-refractivity contribution in [2.24, 2.45) is 5.73 Å². The number of aromatic amines is 1. The Bertz CT molecular complexity index is 461. The number of nitrogens with zero attached hydrogens (tertiary/aromatic N) is 1. The van der Waals surface area contributed by atoms with Gasteiger partial charge in [0.1, 0.15) is 5.82 Å². The number of benzene rings is 1. The van der Waals surface area contributed by atoms with Crippen LogP contribution in [0.3, 0.4) is 0 Å². The van der Waals surface area contributed by atoms with E-state index in [1.807, 2.05) is 0 Å². The van der Waals surface area contributed by atoms with Crippen molar-refractivity contribution >= 4 is 11.6 Å². The van der Waals surface area contributed by atoms with Gasteiger partial charge < -0.3 is 5.73 Å². The van der Waals surface area contributed by atoms with E-state index in [1.54, 1.807) is 18.2 Å². The highest BCUT2D eigenvalue weighted by molar-refractivity contribution is 6.33. The second kappa shape index (κ2) is 4.00. The highest BCUT2D eigenvalue weighted by Gasteiger charge is 2.12. The Morgan fingerprint density at radius 1 is 1.47 bits per heavy atom. The molecule has 3 nitrogen and oxygen atoms in total. The summed E-state index contributed by atoms with van der Waals surface area (Å²) in [5.41, 5.74) is 6.93. The molecular weight excluding hydrogens is 217 g/mol. The maximum absolute atomic E-state index is 13.5. The third kappa shape index (κ3) is 1.86. The van der Waals surface area contributed by atoms with Crippen LogP contribution in [0.15, 0.2) is 24.3 Å². The summed E-state index contributed by atoms with van der Waals surface area (Å²) in [4.78, 5) is 0. The summed E-state index contributed by atoms with van der Waals surface area (Å²) >= 11 is 5.89. The van der Waals surface area contributed by atoms with Gasteiger partial charge in [0.25, 0.3) is 0 Å². The minimum absolute atomic E-state index is 0.301. The van der Waals surface area contributed by atoms with E-state index in [1.165, 1.54) is 6.07 Å². The quantitative estimate of drug-likeness (QED) is 0.824. The normalized spacial score (nSPS) is 10.6. The molecule has 0 aliphatic rings. The van der Waals surface area contributed by atoms with Gasteiger partial charge in [-0.25, -0.2) is 4.39 Å². The predicted molar refractivity (Wildman–Crippen MR) is 56.9 cm³/mol. The number of rotatable bonds is 2. The minimum atomic E-state index is -0.391. The van der Waals surface area contributed by atoms with Crippen molar-refractivity contribution in [2.75, 3.05) is 0 Å². The first-order valence-corrected chi connectivity index (χ1v) is 4.79. The van der Waals surface area contributed by atoms with Crippen molar-refractivity contribution in [3.05, 3.63) is 40.8 Å². The predicted octanol–water partition coefficient (Wildman–Crippen LogP) is 2.33. The first-order valence-electron chi connectivity index (χ1n) is 4.41. The summed E-state index contributed by atoms with van der Waals surface area (Å²) in [6.45, 7) is 0.332. The molecule has 0 spiro atoms. The average molecular weight is 226 g/mol. The monoisotopic (exact) mass is 225 g/mol. The molecule has 0 saturated heterocycles. The smallest absolute Gasteiger partial charge is 0.134 e. The maximum atomic E-state index is 13.5. The van der Waals surface area contributed by atoms with Crippen molar-refractivity contribution in [1.29, 1.82) is 0 Å². The van der Waals surface area contributed by atoms with Crippen LogP contribution in [0.2, 0.25) is 5.02 Å². The van der Waals surface area contributed by atoms with Gasteiger partial charge in [0.05, 0.1) is 16.3 Å². The van der Waals surface area contributed by atoms with E-state index >= 15 is 0 Å². The second-order valence-electron chi connectivity index (χ2n) is 3.08. The van der Waals surface area contributed by atoms with Crippen molar-refractivity contribution in [1.82, 2.24) is 10.2 Å². The van der Waals surface area contributed by atoms with Gasteiger partial charge in [0.2, 0.25) is 0 Å². The summed E-state index contributed by atoms with van der Waals surface area (Å²) < 4.78 is 13.5. The van der Waals surface area contributed by atoms with Gasteiger partial charge in [-0.2, -0.15) is 5.10 Å². The van der Waals surface area contributed by atoms with Gasteiger partial charge in [-0.05, 0) is 18.2 Å². The summed E-state index contributed by atoms with van der Waals surface area (Å²) in [7, 11) is 0. The molecule has 0 fully saturated rings. The van der Waals surface area contributed by atoms with Crippen LogP contribution in [-0.2, 0) is 6.54 Å². The zero-order valence-electron chi connectivity index (χ0n) is 7.80. The molecule has 0 radical (unpaired) electrons. The van der Waals surface area contributed by atoms with E-state index < -0.39 is 5.82 Å². The maximum Gasteiger partial charge on any atom is 0.134 e. The lowest BCUT2D eigenvalue weighted by Crippen LogP contribution is -1.95. The minimum Gasteiger partial charge on any atom is -0.325 e. The Balaban J connectivity index is 2.53. The first-order chi connectivity index (χ1) is 7.22. The van der Waals surface area contributed by atoms with Gasteiger partial charge >= 0.3 is 0 Å². The molecular formula is C10H9ClFN3. The summed E-state index contributed by atoms with van der Waals surface area (Å²) in [6.07, 6.45) is 0. The molecule has 1 aromatic carbocycles. The van der Waals surface area contributed by atoms with Crippen molar-refractivity contribution in [3.8, 4) is 11.3 Å². The molecule has 5 heteroatoms. The molecule has 0 unspecified atom stereocenters. The molecule has 2 aromatic rings. The van der Waals surface area contributed by atoms with Gasteiger partial charge in [0, 0.05) is 12.2 Å². The fraction of sp³-hybridized carbons (Fsp3) is 0.100. The number of H-pyrrole nitrogens is 1. The van der Waals surface area contributed by atoms with Crippen LogP contribution in [0.5, 0.6) is 0 Å². The molecule has 2 rings (SSSR count). The van der Waals surface area contributed by atoms with Crippen LogP contribution in [0.1, 0.15) is 5.69 Å². The van der Waals surface area contributed by atoms with E-state index in [9.17, 15) is 4.39 Å². The largest absolute Gasteiger partial charge is 0.325 e. The lowest BCUT2D eigenvalue weighted by atomic mass is 10.1. The van der Waals surface area contributed by atoms with E-state index in [-0.39, 0.29) is 0 Å². The molecule has 3 N–H and O–H groups in total. The molecule has 0 saturated carbocycles. The first kappa shape index (κ1) is 10.1.